The lowest BCUT2D eigenvalue weighted by atomic mass is 9.91. The molecule has 11 aromatic rings. The zero-order valence-corrected chi connectivity index (χ0v) is 33.0. The minimum atomic E-state index is 1.09. The van der Waals surface area contributed by atoms with Gasteiger partial charge in [0.2, 0.25) is 0 Å². The van der Waals surface area contributed by atoms with Crippen molar-refractivity contribution in [3.8, 4) is 50.2 Å². The van der Waals surface area contributed by atoms with E-state index < -0.39 is 0 Å². The molecule has 0 spiro atoms. The number of aromatic nitrogens is 1. The Morgan fingerprint density at radius 2 is 0.783 bits per heavy atom. The van der Waals surface area contributed by atoms with Crippen LogP contribution >= 0.6 is 0 Å². The number of hydrogen-bond acceptors (Lipinski definition) is 1. The summed E-state index contributed by atoms with van der Waals surface area (Å²) in [6.45, 7) is 0. The summed E-state index contributed by atoms with van der Waals surface area (Å²) in [7, 11) is 0. The molecular formula is C58H40N2. The lowest BCUT2D eigenvalue weighted by molar-refractivity contribution is 1.18. The largest absolute Gasteiger partial charge is 0.310 e. The van der Waals surface area contributed by atoms with Crippen LogP contribution in [0, 0.1) is 0 Å². The summed E-state index contributed by atoms with van der Waals surface area (Å²) in [5.41, 5.74) is 16.5. The summed E-state index contributed by atoms with van der Waals surface area (Å²) in [5.74, 6) is 0. The van der Waals surface area contributed by atoms with Crippen molar-refractivity contribution >= 4 is 49.6 Å². The molecule has 0 saturated heterocycles. The molecule has 1 heterocycles. The summed E-state index contributed by atoms with van der Waals surface area (Å²) in [4.78, 5) is 2.39. The first-order valence-corrected chi connectivity index (χ1v) is 20.6. The molecule has 0 atom stereocenters. The van der Waals surface area contributed by atoms with Gasteiger partial charge in [-0.15, -0.1) is 0 Å². The first-order valence-electron chi connectivity index (χ1n) is 20.6. The van der Waals surface area contributed by atoms with Crippen LogP contribution in [0.3, 0.4) is 0 Å². The highest BCUT2D eigenvalue weighted by Crippen LogP contribution is 2.42. The first-order chi connectivity index (χ1) is 29.8. The number of nitrogens with zero attached hydrogens (tertiary/aromatic N) is 2. The Bertz CT molecular complexity index is 3270. The predicted octanol–water partition coefficient (Wildman–Crippen LogP) is 16.1. The minimum Gasteiger partial charge on any atom is -0.310 e. The second kappa shape index (κ2) is 15.1. The molecule has 0 amide bonds. The molecule has 282 valence electrons. The highest BCUT2D eigenvalue weighted by Gasteiger charge is 2.18. The molecule has 1 aromatic heterocycles. The first kappa shape index (κ1) is 35.2. The van der Waals surface area contributed by atoms with Gasteiger partial charge in [-0.1, -0.05) is 176 Å². The molecular weight excluding hydrogens is 725 g/mol. The number of hydrogen-bond donors (Lipinski definition) is 0. The Balaban J connectivity index is 1.04. The molecule has 0 radical (unpaired) electrons. The number of fused-ring (bicyclic) bond motifs is 4. The maximum absolute atomic E-state index is 2.39. The maximum Gasteiger partial charge on any atom is 0.0542 e. The molecule has 0 bridgehead atoms. The van der Waals surface area contributed by atoms with Gasteiger partial charge in [-0.25, -0.2) is 0 Å². The van der Waals surface area contributed by atoms with Gasteiger partial charge in [-0.3, -0.25) is 0 Å². The summed E-state index contributed by atoms with van der Waals surface area (Å²) < 4.78 is 2.37. The quantitative estimate of drug-likeness (QED) is 0.150. The normalized spacial score (nSPS) is 11.3. The van der Waals surface area contributed by atoms with Gasteiger partial charge in [-0.05, 0) is 122 Å². The third kappa shape index (κ3) is 6.32. The molecule has 10 aromatic carbocycles. The predicted molar refractivity (Wildman–Crippen MR) is 255 cm³/mol. The molecule has 0 aliphatic rings. The molecule has 0 unspecified atom stereocenters. The Kier molecular flexibility index (Phi) is 8.87. The van der Waals surface area contributed by atoms with E-state index in [0.29, 0.717) is 0 Å². The fourth-order valence-electron chi connectivity index (χ4n) is 8.92. The van der Waals surface area contributed by atoms with Crippen molar-refractivity contribution in [1.29, 1.82) is 0 Å². The van der Waals surface area contributed by atoms with E-state index >= 15 is 0 Å². The van der Waals surface area contributed by atoms with Crippen molar-refractivity contribution in [3.63, 3.8) is 0 Å². The van der Waals surface area contributed by atoms with Crippen molar-refractivity contribution in [2.75, 3.05) is 4.90 Å². The smallest absolute Gasteiger partial charge is 0.0542 e. The molecule has 11 rings (SSSR count). The van der Waals surface area contributed by atoms with Crippen LogP contribution in [0.15, 0.2) is 243 Å². The highest BCUT2D eigenvalue weighted by atomic mass is 15.1. The van der Waals surface area contributed by atoms with Crippen molar-refractivity contribution in [2.45, 2.75) is 0 Å². The number of para-hydroxylation sites is 2. The Hall–Kier alpha value is -7.94. The van der Waals surface area contributed by atoms with E-state index in [1.54, 1.807) is 0 Å². The molecule has 0 saturated carbocycles. The van der Waals surface area contributed by atoms with E-state index in [1.807, 2.05) is 0 Å². The van der Waals surface area contributed by atoms with Gasteiger partial charge < -0.3 is 9.47 Å². The topological polar surface area (TPSA) is 8.17 Å². The molecule has 0 aliphatic heterocycles. The fourth-order valence-corrected chi connectivity index (χ4v) is 8.92. The van der Waals surface area contributed by atoms with Crippen LogP contribution in [-0.2, 0) is 0 Å². The van der Waals surface area contributed by atoms with Gasteiger partial charge in [0, 0.05) is 33.5 Å². The molecule has 60 heavy (non-hydrogen) atoms. The SMILES string of the molecule is c1ccc(-c2ccc(-c3ccc(N(c4ccc(-c5cccc6ccccc56)cc4)c4ccc5c(c4)c4ccccc4n5-c4ccccc4)cc3)cc2-c2ccccc2)cc1. The maximum atomic E-state index is 2.39. The fraction of sp³-hybridized carbons (Fsp3) is 0. The van der Waals surface area contributed by atoms with Crippen LogP contribution in [-0.4, -0.2) is 4.57 Å². The summed E-state index contributed by atoms with van der Waals surface area (Å²) in [6, 6.07) is 87.8. The highest BCUT2D eigenvalue weighted by molar-refractivity contribution is 6.10. The Morgan fingerprint density at radius 1 is 0.267 bits per heavy atom. The average Bonchev–Trinajstić information content (AvgIpc) is 3.66. The van der Waals surface area contributed by atoms with Crippen LogP contribution in [0.4, 0.5) is 17.1 Å². The second-order valence-corrected chi connectivity index (χ2v) is 15.3. The lowest BCUT2D eigenvalue weighted by Gasteiger charge is -2.26. The van der Waals surface area contributed by atoms with Gasteiger partial charge in [0.15, 0.2) is 0 Å². The molecule has 0 fully saturated rings. The van der Waals surface area contributed by atoms with Crippen LogP contribution in [0.2, 0.25) is 0 Å². The number of benzene rings is 10. The molecule has 2 heteroatoms. The monoisotopic (exact) mass is 764 g/mol. The third-order valence-corrected chi connectivity index (χ3v) is 11.8. The van der Waals surface area contributed by atoms with Gasteiger partial charge >= 0.3 is 0 Å². The zero-order chi connectivity index (χ0) is 39.8. The lowest BCUT2D eigenvalue weighted by Crippen LogP contribution is -2.10. The summed E-state index contributed by atoms with van der Waals surface area (Å²) >= 11 is 0. The molecule has 0 aliphatic carbocycles. The third-order valence-electron chi connectivity index (χ3n) is 11.8. The zero-order valence-electron chi connectivity index (χ0n) is 33.0. The van der Waals surface area contributed by atoms with Crippen molar-refractivity contribution in [1.82, 2.24) is 4.57 Å². The molecule has 0 N–H and O–H groups in total. The van der Waals surface area contributed by atoms with E-state index in [2.05, 4.69) is 252 Å². The van der Waals surface area contributed by atoms with Gasteiger partial charge in [0.1, 0.15) is 0 Å². The van der Waals surface area contributed by atoms with E-state index in [9.17, 15) is 0 Å². The average molecular weight is 765 g/mol. The summed E-state index contributed by atoms with van der Waals surface area (Å²) in [5, 5.41) is 4.95. The van der Waals surface area contributed by atoms with Gasteiger partial charge in [0.25, 0.3) is 0 Å². The van der Waals surface area contributed by atoms with Crippen molar-refractivity contribution in [3.05, 3.63) is 243 Å². The van der Waals surface area contributed by atoms with Crippen LogP contribution in [0.1, 0.15) is 0 Å². The van der Waals surface area contributed by atoms with E-state index in [4.69, 9.17) is 0 Å². The Labute approximate surface area is 350 Å². The number of rotatable bonds is 8. The Morgan fingerprint density at radius 3 is 1.50 bits per heavy atom. The van der Waals surface area contributed by atoms with Crippen molar-refractivity contribution < 1.29 is 0 Å². The van der Waals surface area contributed by atoms with Crippen LogP contribution < -0.4 is 4.90 Å². The van der Waals surface area contributed by atoms with Crippen molar-refractivity contribution in [2.24, 2.45) is 0 Å². The number of anilines is 3. The van der Waals surface area contributed by atoms with Gasteiger partial charge in [-0.2, -0.15) is 0 Å². The standard InChI is InChI=1S/C58H40N2/c1-4-15-42(16-5-1)53-37-31-46(39-55(53)44-17-6-2-7-18-44)41-27-32-48(33-28-41)59(49-34-29-45(30-35-49)52-25-14-20-43-19-10-11-23-51(43)52)50-36-38-58-56(40-50)54-24-12-13-26-57(54)60(58)47-21-8-3-9-22-47/h1-40H. The van der Waals surface area contributed by atoms with E-state index in [-0.39, 0.29) is 0 Å². The summed E-state index contributed by atoms with van der Waals surface area (Å²) in [6.07, 6.45) is 0. The molecule has 2 nitrogen and oxygen atoms in total. The van der Waals surface area contributed by atoms with E-state index in [1.165, 1.54) is 77.1 Å². The van der Waals surface area contributed by atoms with Gasteiger partial charge in [0.05, 0.1) is 11.0 Å². The van der Waals surface area contributed by atoms with E-state index in [0.717, 1.165) is 22.7 Å². The van der Waals surface area contributed by atoms with Crippen LogP contribution in [0.5, 0.6) is 0 Å². The van der Waals surface area contributed by atoms with Crippen LogP contribution in [0.25, 0.3) is 82.8 Å². The minimum absolute atomic E-state index is 1.09. The second-order valence-electron chi connectivity index (χ2n) is 15.3.